The van der Waals surface area contributed by atoms with E-state index in [-0.39, 0.29) is 30.1 Å². The van der Waals surface area contributed by atoms with Crippen LogP contribution in [-0.4, -0.2) is 11.9 Å². The molecule has 0 bridgehead atoms. The number of halogens is 1. The molecule has 2 unspecified atom stereocenters. The molecule has 2 atom stereocenters. The van der Waals surface area contributed by atoms with Crippen LogP contribution in [0.2, 0.25) is 0 Å². The SMILES string of the molecule is C#CCC(N)C(=O)NC(c1ccc(F)cc1)C(C)C. The highest BCUT2D eigenvalue weighted by atomic mass is 19.1. The Labute approximate surface area is 113 Å². The highest BCUT2D eigenvalue weighted by Crippen LogP contribution is 2.22. The van der Waals surface area contributed by atoms with Gasteiger partial charge in [-0.3, -0.25) is 4.79 Å². The highest BCUT2D eigenvalue weighted by Gasteiger charge is 2.21. The number of hydrogen-bond acceptors (Lipinski definition) is 2. The maximum Gasteiger partial charge on any atom is 0.238 e. The van der Waals surface area contributed by atoms with Gasteiger partial charge < -0.3 is 11.1 Å². The zero-order valence-corrected chi connectivity index (χ0v) is 11.2. The summed E-state index contributed by atoms with van der Waals surface area (Å²) >= 11 is 0. The van der Waals surface area contributed by atoms with Gasteiger partial charge >= 0.3 is 0 Å². The van der Waals surface area contributed by atoms with Crippen molar-refractivity contribution in [2.75, 3.05) is 0 Å². The Morgan fingerprint density at radius 1 is 1.42 bits per heavy atom. The largest absolute Gasteiger partial charge is 0.348 e. The molecule has 3 nitrogen and oxygen atoms in total. The Balaban J connectivity index is 2.82. The molecular formula is C15H19FN2O. The molecule has 0 aliphatic carbocycles. The summed E-state index contributed by atoms with van der Waals surface area (Å²) in [5.41, 5.74) is 6.51. The van der Waals surface area contributed by atoms with E-state index in [1.807, 2.05) is 13.8 Å². The molecule has 0 fully saturated rings. The van der Waals surface area contributed by atoms with Gasteiger partial charge in [0.05, 0.1) is 12.1 Å². The lowest BCUT2D eigenvalue weighted by atomic mass is 9.95. The molecule has 0 aliphatic heterocycles. The van der Waals surface area contributed by atoms with E-state index >= 15 is 0 Å². The van der Waals surface area contributed by atoms with Crippen molar-refractivity contribution in [2.45, 2.75) is 32.4 Å². The van der Waals surface area contributed by atoms with E-state index in [1.54, 1.807) is 12.1 Å². The third kappa shape index (κ3) is 4.38. The summed E-state index contributed by atoms with van der Waals surface area (Å²) < 4.78 is 12.9. The average molecular weight is 262 g/mol. The van der Waals surface area contributed by atoms with Crippen LogP contribution in [0.25, 0.3) is 0 Å². The monoisotopic (exact) mass is 262 g/mol. The quantitative estimate of drug-likeness (QED) is 0.797. The molecule has 4 heteroatoms. The van der Waals surface area contributed by atoms with E-state index < -0.39 is 6.04 Å². The number of rotatable bonds is 5. The molecule has 0 aromatic heterocycles. The van der Waals surface area contributed by atoms with Gasteiger partial charge in [-0.2, -0.15) is 0 Å². The molecule has 0 spiro atoms. The predicted octanol–water partition coefficient (Wildman–Crippen LogP) is 1.99. The van der Waals surface area contributed by atoms with Gasteiger partial charge in [-0.1, -0.05) is 26.0 Å². The highest BCUT2D eigenvalue weighted by molar-refractivity contribution is 5.82. The van der Waals surface area contributed by atoms with Crippen molar-refractivity contribution in [1.82, 2.24) is 5.32 Å². The molecule has 102 valence electrons. The number of carbonyl (C=O) groups is 1. The standard InChI is InChI=1S/C15H19FN2O/c1-4-5-13(17)15(19)18-14(10(2)3)11-6-8-12(16)9-7-11/h1,6-10,13-14H,5,17H2,2-3H3,(H,18,19). The lowest BCUT2D eigenvalue weighted by Crippen LogP contribution is -2.43. The van der Waals surface area contributed by atoms with Crippen molar-refractivity contribution in [3.05, 3.63) is 35.6 Å². The summed E-state index contributed by atoms with van der Waals surface area (Å²) in [6, 6.07) is 5.14. The molecular weight excluding hydrogens is 243 g/mol. The van der Waals surface area contributed by atoms with Crippen molar-refractivity contribution in [3.8, 4) is 12.3 Å². The van der Waals surface area contributed by atoms with Crippen LogP contribution >= 0.6 is 0 Å². The first kappa shape index (κ1) is 15.2. The third-order valence-corrected chi connectivity index (χ3v) is 2.87. The van der Waals surface area contributed by atoms with Crippen molar-refractivity contribution >= 4 is 5.91 Å². The molecule has 1 aromatic carbocycles. The Kier molecular flexibility index (Phi) is 5.53. The summed E-state index contributed by atoms with van der Waals surface area (Å²) in [4.78, 5) is 11.9. The number of hydrogen-bond donors (Lipinski definition) is 2. The molecule has 19 heavy (non-hydrogen) atoms. The number of benzene rings is 1. The summed E-state index contributed by atoms with van der Waals surface area (Å²) in [6.07, 6.45) is 5.33. The minimum absolute atomic E-state index is 0.160. The van der Waals surface area contributed by atoms with E-state index in [9.17, 15) is 9.18 Å². The average Bonchev–Trinajstić information content (AvgIpc) is 2.37. The number of carbonyl (C=O) groups excluding carboxylic acids is 1. The third-order valence-electron chi connectivity index (χ3n) is 2.87. The van der Waals surface area contributed by atoms with E-state index in [1.165, 1.54) is 12.1 Å². The van der Waals surface area contributed by atoms with Crippen LogP contribution in [0.1, 0.15) is 31.9 Å². The molecule has 0 heterocycles. The van der Waals surface area contributed by atoms with Crippen LogP contribution in [0.15, 0.2) is 24.3 Å². The topological polar surface area (TPSA) is 55.1 Å². The van der Waals surface area contributed by atoms with Gasteiger partial charge in [-0.05, 0) is 23.6 Å². The van der Waals surface area contributed by atoms with Crippen molar-refractivity contribution in [1.29, 1.82) is 0 Å². The molecule has 0 saturated carbocycles. The molecule has 0 radical (unpaired) electrons. The smallest absolute Gasteiger partial charge is 0.238 e. The maximum atomic E-state index is 12.9. The Bertz CT molecular complexity index is 462. The van der Waals surface area contributed by atoms with Crippen LogP contribution in [0.3, 0.4) is 0 Å². The number of nitrogens with two attached hydrogens (primary N) is 1. The van der Waals surface area contributed by atoms with Crippen LogP contribution in [0.4, 0.5) is 4.39 Å². The minimum Gasteiger partial charge on any atom is -0.348 e. The number of amides is 1. The van der Waals surface area contributed by atoms with E-state index in [0.29, 0.717) is 0 Å². The van der Waals surface area contributed by atoms with Crippen LogP contribution in [0, 0.1) is 24.1 Å². The summed E-state index contributed by atoms with van der Waals surface area (Å²) in [5, 5.41) is 2.85. The van der Waals surface area contributed by atoms with Crippen LogP contribution in [0.5, 0.6) is 0 Å². The molecule has 1 amide bonds. The molecule has 1 rings (SSSR count). The maximum absolute atomic E-state index is 12.9. The zero-order valence-electron chi connectivity index (χ0n) is 11.2. The first-order chi connectivity index (χ1) is 8.95. The molecule has 3 N–H and O–H groups in total. The fourth-order valence-electron chi connectivity index (χ4n) is 1.78. The van der Waals surface area contributed by atoms with Gasteiger partial charge in [0.25, 0.3) is 0 Å². The molecule has 1 aromatic rings. The summed E-state index contributed by atoms with van der Waals surface area (Å²) in [5.74, 6) is 1.93. The Morgan fingerprint density at radius 3 is 2.47 bits per heavy atom. The Morgan fingerprint density at radius 2 is 2.00 bits per heavy atom. The van der Waals surface area contributed by atoms with E-state index in [0.717, 1.165) is 5.56 Å². The molecule has 0 saturated heterocycles. The van der Waals surface area contributed by atoms with E-state index in [2.05, 4.69) is 11.2 Å². The second kappa shape index (κ2) is 6.91. The van der Waals surface area contributed by atoms with Crippen molar-refractivity contribution < 1.29 is 9.18 Å². The van der Waals surface area contributed by atoms with Gasteiger partial charge in [0.15, 0.2) is 0 Å². The number of terminal acetylenes is 1. The van der Waals surface area contributed by atoms with Gasteiger partial charge in [-0.25, -0.2) is 4.39 Å². The minimum atomic E-state index is -0.716. The molecule has 0 aliphatic rings. The van der Waals surface area contributed by atoms with Crippen LogP contribution < -0.4 is 11.1 Å². The fourth-order valence-corrected chi connectivity index (χ4v) is 1.78. The first-order valence-electron chi connectivity index (χ1n) is 6.20. The van der Waals surface area contributed by atoms with Gasteiger partial charge in [0.1, 0.15) is 5.82 Å². The lowest BCUT2D eigenvalue weighted by Gasteiger charge is -2.24. The van der Waals surface area contributed by atoms with Gasteiger partial charge in [0, 0.05) is 6.42 Å². The van der Waals surface area contributed by atoms with Gasteiger partial charge in [-0.15, -0.1) is 12.3 Å². The summed E-state index contributed by atoms with van der Waals surface area (Å²) in [7, 11) is 0. The van der Waals surface area contributed by atoms with E-state index in [4.69, 9.17) is 12.2 Å². The predicted molar refractivity (Wildman–Crippen MR) is 73.5 cm³/mol. The van der Waals surface area contributed by atoms with Gasteiger partial charge in [0.2, 0.25) is 5.91 Å². The Hall–Kier alpha value is -1.86. The second-order valence-electron chi connectivity index (χ2n) is 4.80. The number of nitrogens with one attached hydrogen (secondary N) is 1. The fraction of sp³-hybridized carbons (Fsp3) is 0.400. The van der Waals surface area contributed by atoms with Crippen molar-refractivity contribution in [3.63, 3.8) is 0 Å². The first-order valence-corrected chi connectivity index (χ1v) is 6.20. The lowest BCUT2D eigenvalue weighted by molar-refractivity contribution is -0.123. The van der Waals surface area contributed by atoms with Crippen LogP contribution in [-0.2, 0) is 4.79 Å². The normalized spacial score (nSPS) is 13.7. The second-order valence-corrected chi connectivity index (χ2v) is 4.80. The summed E-state index contributed by atoms with van der Waals surface area (Å²) in [6.45, 7) is 3.95. The van der Waals surface area contributed by atoms with Crippen molar-refractivity contribution in [2.24, 2.45) is 11.7 Å². The zero-order chi connectivity index (χ0) is 14.4.